The number of para-hydroxylation sites is 1. The summed E-state index contributed by atoms with van der Waals surface area (Å²) < 4.78 is 0. The van der Waals surface area contributed by atoms with Crippen LogP contribution in [0.15, 0.2) is 212 Å². The summed E-state index contributed by atoms with van der Waals surface area (Å²) in [5.41, 5.74) is 8.92. The standard InChI is InChI=1S/C20H14N4.C9H7N.4C6H5.Fe/c1-2-14-10-16-5-6-18(23-16)12-20-8-7-19(24-20)11-17-4-3-15(22-17)9-13(1)21-14;1-2-6-9-8(4-1)5-3-7-10-9;4*1-2-4-6-5-3-1;/h1-12,21-22H;1-7H;4*1-5H;/q;;4*-1;+4. The van der Waals surface area contributed by atoms with E-state index in [1.54, 1.807) is 0 Å². The zero-order valence-electron chi connectivity index (χ0n) is 32.2. The molecule has 2 aliphatic rings. The van der Waals surface area contributed by atoms with Crippen LogP contribution in [0.2, 0.25) is 0 Å². The smallest absolute Gasteiger partial charge is 0.355 e. The first kappa shape index (κ1) is 42.8. The van der Waals surface area contributed by atoms with Crippen molar-refractivity contribution < 1.29 is 17.1 Å². The van der Waals surface area contributed by atoms with E-state index >= 15 is 0 Å². The molecule has 0 saturated carbocycles. The van der Waals surface area contributed by atoms with Crippen LogP contribution in [0.4, 0.5) is 0 Å². The van der Waals surface area contributed by atoms with Gasteiger partial charge < -0.3 is 9.97 Å². The van der Waals surface area contributed by atoms with E-state index in [2.05, 4.69) is 91.6 Å². The summed E-state index contributed by atoms with van der Waals surface area (Å²) in [4.78, 5) is 20.2. The molecule has 286 valence electrons. The molecule has 6 heteroatoms. The van der Waals surface area contributed by atoms with Crippen molar-refractivity contribution in [3.8, 4) is 0 Å². The summed E-state index contributed by atoms with van der Waals surface area (Å²) >= 11 is 0. The summed E-state index contributed by atoms with van der Waals surface area (Å²) in [5, 5.41) is 1.20. The van der Waals surface area contributed by atoms with E-state index in [9.17, 15) is 0 Å². The van der Waals surface area contributed by atoms with Crippen LogP contribution >= 0.6 is 0 Å². The average Bonchev–Trinajstić information content (AvgIpc) is 4.15. The zero-order valence-corrected chi connectivity index (χ0v) is 33.3. The van der Waals surface area contributed by atoms with Gasteiger partial charge in [-0.05, 0) is 85.0 Å². The van der Waals surface area contributed by atoms with Gasteiger partial charge in [0.2, 0.25) is 0 Å². The maximum Gasteiger partial charge on any atom is 4.00 e. The van der Waals surface area contributed by atoms with Gasteiger partial charge in [-0.2, -0.15) is 146 Å². The van der Waals surface area contributed by atoms with Gasteiger partial charge >= 0.3 is 17.1 Å². The molecule has 0 unspecified atom stereocenters. The molecule has 5 aromatic carbocycles. The molecule has 2 aliphatic heterocycles. The summed E-state index contributed by atoms with van der Waals surface area (Å²) in [6.45, 7) is 0. The molecule has 4 aromatic heterocycles. The number of benzene rings is 5. The number of hydrogen-bond donors (Lipinski definition) is 2. The van der Waals surface area contributed by atoms with Crippen molar-refractivity contribution in [2.24, 2.45) is 0 Å². The fourth-order valence-electron chi connectivity index (χ4n) is 5.33. The molecule has 2 N–H and O–H groups in total. The van der Waals surface area contributed by atoms with E-state index < -0.39 is 0 Å². The minimum absolute atomic E-state index is 0. The molecule has 9 aromatic rings. The number of rotatable bonds is 0. The summed E-state index contributed by atoms with van der Waals surface area (Å²) in [7, 11) is 0. The Bertz CT molecular complexity index is 2340. The molecule has 0 amide bonds. The SMILES string of the molecule is C1=Cc2cc3ccc(cc4ccc(cc5nc(cc1n2)C=C5)[nH]4)[nH]3.[Fe+4].[c-]1ccccc1.[c-]1ccccc1.[c-]1ccccc1.[c-]1ccccc1.c1ccc2ncccc2c1. The second-order valence-corrected chi connectivity index (χ2v) is 12.4. The van der Waals surface area contributed by atoms with Gasteiger partial charge in [0.1, 0.15) is 0 Å². The topological polar surface area (TPSA) is 70.2 Å². The number of hydrogen-bond acceptors (Lipinski definition) is 3. The Morgan fingerprint density at radius 2 is 0.695 bits per heavy atom. The van der Waals surface area contributed by atoms with Gasteiger partial charge in [-0.1, -0.05) is 24.3 Å². The van der Waals surface area contributed by atoms with E-state index in [4.69, 9.17) is 0 Å². The van der Waals surface area contributed by atoms with Gasteiger partial charge in [-0.15, -0.1) is 0 Å². The van der Waals surface area contributed by atoms with Gasteiger partial charge in [0.05, 0.1) is 28.3 Å². The van der Waals surface area contributed by atoms with Gasteiger partial charge in [-0.3, -0.25) is 4.98 Å². The molecule has 0 fully saturated rings. The van der Waals surface area contributed by atoms with Crippen LogP contribution in [-0.4, -0.2) is 24.9 Å². The largest absolute Gasteiger partial charge is 4.00 e. The van der Waals surface area contributed by atoms with Crippen LogP contribution in [0.1, 0.15) is 22.8 Å². The van der Waals surface area contributed by atoms with Crippen molar-refractivity contribution in [2.45, 2.75) is 0 Å². The molecule has 59 heavy (non-hydrogen) atoms. The Labute approximate surface area is 357 Å². The molecular formula is C53H41FeN5. The van der Waals surface area contributed by atoms with Crippen LogP contribution in [0.25, 0.3) is 57.3 Å². The van der Waals surface area contributed by atoms with Gasteiger partial charge in [0.25, 0.3) is 0 Å². The van der Waals surface area contributed by atoms with Crippen molar-refractivity contribution in [2.75, 3.05) is 0 Å². The molecular weight excluding hydrogens is 762 g/mol. The third-order valence-corrected chi connectivity index (χ3v) is 7.98. The minimum atomic E-state index is 0. The number of pyridine rings is 1. The number of fused-ring (bicyclic) bond motifs is 9. The maximum absolute atomic E-state index is 4.62. The fraction of sp³-hybridized carbons (Fsp3) is 0. The predicted octanol–water partition coefficient (Wildman–Crippen LogP) is 12.8. The van der Waals surface area contributed by atoms with E-state index in [-0.39, 0.29) is 17.1 Å². The Balaban J connectivity index is 0.000000155. The van der Waals surface area contributed by atoms with Gasteiger partial charge in [0, 0.05) is 33.6 Å². The van der Waals surface area contributed by atoms with E-state index in [0.29, 0.717) is 0 Å². The maximum atomic E-state index is 4.62. The van der Waals surface area contributed by atoms with Crippen LogP contribution in [0.3, 0.4) is 0 Å². The summed E-state index contributed by atoms with van der Waals surface area (Å²) in [6.07, 6.45) is 9.86. The molecule has 0 atom stereocenters. The van der Waals surface area contributed by atoms with Crippen LogP contribution in [0.5, 0.6) is 0 Å². The van der Waals surface area contributed by atoms with E-state index in [0.717, 1.165) is 50.4 Å². The quantitative estimate of drug-likeness (QED) is 0.118. The third kappa shape index (κ3) is 16.0. The van der Waals surface area contributed by atoms with Crippen LogP contribution in [0, 0.1) is 24.3 Å². The van der Waals surface area contributed by atoms with Crippen molar-refractivity contribution in [3.63, 3.8) is 0 Å². The Hall–Kier alpha value is -7.37. The third-order valence-electron chi connectivity index (χ3n) is 7.98. The zero-order chi connectivity index (χ0) is 39.7. The fourth-order valence-corrected chi connectivity index (χ4v) is 5.33. The first-order chi connectivity index (χ1) is 28.8. The number of H-pyrrole nitrogens is 2. The molecule has 0 radical (unpaired) electrons. The van der Waals surface area contributed by atoms with Crippen molar-refractivity contribution in [1.29, 1.82) is 0 Å². The second-order valence-electron chi connectivity index (χ2n) is 12.4. The first-order valence-electron chi connectivity index (χ1n) is 18.8. The molecule has 0 spiro atoms. The first-order valence-corrected chi connectivity index (χ1v) is 18.8. The average molecular weight is 804 g/mol. The predicted molar refractivity (Wildman–Crippen MR) is 242 cm³/mol. The van der Waals surface area contributed by atoms with Gasteiger partial charge in [-0.25, -0.2) is 9.97 Å². The number of nitrogens with zero attached hydrogens (tertiary/aromatic N) is 3. The van der Waals surface area contributed by atoms with Crippen LogP contribution in [-0.2, 0) is 17.1 Å². The normalized spacial score (nSPS) is 10.1. The summed E-state index contributed by atoms with van der Waals surface area (Å²) in [5.74, 6) is 0. The Morgan fingerprint density at radius 3 is 1.05 bits per heavy atom. The number of aromatic nitrogens is 5. The molecule has 11 rings (SSSR count). The monoisotopic (exact) mass is 803 g/mol. The number of nitrogens with one attached hydrogen (secondary N) is 2. The Morgan fingerprint density at radius 1 is 0.339 bits per heavy atom. The molecule has 5 nitrogen and oxygen atoms in total. The van der Waals surface area contributed by atoms with Crippen molar-refractivity contribution in [3.05, 3.63) is 259 Å². The minimum Gasteiger partial charge on any atom is -0.355 e. The Kier molecular flexibility index (Phi) is 18.1. The van der Waals surface area contributed by atoms with Gasteiger partial charge in [0.15, 0.2) is 0 Å². The van der Waals surface area contributed by atoms with E-state index in [1.807, 2.05) is 194 Å². The molecule has 8 bridgehead atoms. The van der Waals surface area contributed by atoms with E-state index in [1.165, 1.54) is 5.39 Å². The molecule has 0 saturated heterocycles. The molecule has 6 heterocycles. The van der Waals surface area contributed by atoms with Crippen LogP contribution < -0.4 is 0 Å². The second kappa shape index (κ2) is 25.0. The molecule has 0 aliphatic carbocycles. The summed E-state index contributed by atoms with van der Waals surface area (Å²) in [6, 6.07) is 78.5. The van der Waals surface area contributed by atoms with Crippen molar-refractivity contribution >= 4 is 57.3 Å². The number of aromatic amines is 2. The van der Waals surface area contributed by atoms with Crippen molar-refractivity contribution in [1.82, 2.24) is 24.9 Å².